The molecule has 0 amide bonds. The van der Waals surface area contributed by atoms with Crippen LogP contribution in [0.3, 0.4) is 0 Å². The maximum absolute atomic E-state index is 12.8. The summed E-state index contributed by atoms with van der Waals surface area (Å²) in [5.41, 5.74) is 5.49. The van der Waals surface area contributed by atoms with Crippen molar-refractivity contribution >= 4 is 23.0 Å². The van der Waals surface area contributed by atoms with Gasteiger partial charge in [0, 0.05) is 11.7 Å². The first kappa shape index (κ1) is 15.1. The molecule has 20 heavy (non-hydrogen) atoms. The Kier molecular flexibility index (Phi) is 4.52. The highest BCUT2D eigenvalue weighted by Crippen LogP contribution is 2.33. The van der Waals surface area contributed by atoms with Crippen LogP contribution in [0.4, 0.5) is 18.9 Å². The van der Waals surface area contributed by atoms with E-state index >= 15 is 0 Å². The maximum atomic E-state index is 12.8. The van der Waals surface area contributed by atoms with E-state index in [1.54, 1.807) is 11.0 Å². The molecule has 0 radical (unpaired) electrons. The van der Waals surface area contributed by atoms with Crippen molar-refractivity contribution in [1.82, 2.24) is 0 Å². The van der Waals surface area contributed by atoms with E-state index in [0.717, 1.165) is 44.2 Å². The minimum absolute atomic E-state index is 0.102. The number of halogens is 3. The van der Waals surface area contributed by atoms with Gasteiger partial charge >= 0.3 is 6.18 Å². The van der Waals surface area contributed by atoms with Gasteiger partial charge in [-0.05, 0) is 43.3 Å². The van der Waals surface area contributed by atoms with Gasteiger partial charge in [-0.2, -0.15) is 13.2 Å². The molecule has 1 fully saturated rings. The van der Waals surface area contributed by atoms with Crippen LogP contribution in [0.25, 0.3) is 0 Å². The summed E-state index contributed by atoms with van der Waals surface area (Å²) in [5, 5.41) is 0.135. The van der Waals surface area contributed by atoms with Crippen LogP contribution in [0.2, 0.25) is 0 Å². The molecular formula is C14H17F3N2S. The first-order valence-electron chi connectivity index (χ1n) is 6.65. The molecular weight excluding hydrogens is 285 g/mol. The van der Waals surface area contributed by atoms with Crippen LogP contribution in [-0.4, -0.2) is 11.2 Å². The highest BCUT2D eigenvalue weighted by atomic mass is 32.1. The van der Waals surface area contributed by atoms with Crippen molar-refractivity contribution in [1.29, 1.82) is 0 Å². The van der Waals surface area contributed by atoms with Crippen molar-refractivity contribution in [3.05, 3.63) is 29.8 Å². The molecule has 1 saturated carbocycles. The average molecular weight is 302 g/mol. The molecule has 0 bridgehead atoms. The molecule has 0 unspecified atom stereocenters. The lowest BCUT2D eigenvalue weighted by atomic mass is 9.94. The lowest BCUT2D eigenvalue weighted by Crippen LogP contribution is -2.44. The average Bonchev–Trinajstić information content (AvgIpc) is 2.39. The number of alkyl halides is 3. The number of anilines is 1. The number of hydrogen-bond acceptors (Lipinski definition) is 1. The van der Waals surface area contributed by atoms with Crippen molar-refractivity contribution in [3.63, 3.8) is 0 Å². The lowest BCUT2D eigenvalue weighted by molar-refractivity contribution is -0.137. The summed E-state index contributed by atoms with van der Waals surface area (Å²) in [6, 6.07) is 5.30. The maximum Gasteiger partial charge on any atom is 0.416 e. The smallest absolute Gasteiger partial charge is 0.376 e. The summed E-state index contributed by atoms with van der Waals surface area (Å²) >= 11 is 5.04. The van der Waals surface area contributed by atoms with Crippen molar-refractivity contribution in [2.24, 2.45) is 5.73 Å². The van der Waals surface area contributed by atoms with Crippen molar-refractivity contribution in [2.75, 3.05) is 4.90 Å². The van der Waals surface area contributed by atoms with Gasteiger partial charge in [0.05, 0.1) is 5.56 Å². The molecule has 0 aliphatic heterocycles. The molecule has 0 atom stereocenters. The van der Waals surface area contributed by atoms with Gasteiger partial charge in [0.25, 0.3) is 0 Å². The SMILES string of the molecule is NC(=S)N(c1cccc(C(F)(F)F)c1)C1CCCCC1. The summed E-state index contributed by atoms with van der Waals surface area (Å²) in [4.78, 5) is 1.67. The second kappa shape index (κ2) is 5.99. The molecule has 1 aromatic carbocycles. The van der Waals surface area contributed by atoms with Crippen LogP contribution in [0.5, 0.6) is 0 Å². The Bertz CT molecular complexity index is 482. The fraction of sp³-hybridized carbons (Fsp3) is 0.500. The van der Waals surface area contributed by atoms with Gasteiger partial charge in [0.2, 0.25) is 0 Å². The van der Waals surface area contributed by atoms with Crippen molar-refractivity contribution in [3.8, 4) is 0 Å². The third-order valence-electron chi connectivity index (χ3n) is 3.63. The predicted molar refractivity (Wildman–Crippen MR) is 77.6 cm³/mol. The van der Waals surface area contributed by atoms with E-state index in [-0.39, 0.29) is 11.2 Å². The fourth-order valence-corrected chi connectivity index (χ4v) is 2.94. The molecule has 0 heterocycles. The van der Waals surface area contributed by atoms with Gasteiger partial charge in [0.15, 0.2) is 5.11 Å². The highest BCUT2D eigenvalue weighted by Gasteiger charge is 2.32. The Hall–Kier alpha value is -1.30. The van der Waals surface area contributed by atoms with E-state index in [1.165, 1.54) is 6.07 Å². The quantitative estimate of drug-likeness (QED) is 0.834. The predicted octanol–water partition coefficient (Wildman–Crippen LogP) is 4.09. The van der Waals surface area contributed by atoms with Crippen LogP contribution >= 0.6 is 12.2 Å². The van der Waals surface area contributed by atoms with Crippen LogP contribution in [0.1, 0.15) is 37.7 Å². The summed E-state index contributed by atoms with van der Waals surface area (Å²) in [6.45, 7) is 0. The Morgan fingerprint density at radius 1 is 1.20 bits per heavy atom. The Balaban J connectivity index is 2.32. The van der Waals surface area contributed by atoms with Crippen molar-refractivity contribution < 1.29 is 13.2 Å². The molecule has 6 heteroatoms. The Morgan fingerprint density at radius 3 is 2.40 bits per heavy atom. The summed E-state index contributed by atoms with van der Waals surface area (Å²) in [6.07, 6.45) is 0.737. The van der Waals surface area contributed by atoms with E-state index in [9.17, 15) is 13.2 Å². The van der Waals surface area contributed by atoms with E-state index < -0.39 is 11.7 Å². The zero-order chi connectivity index (χ0) is 14.8. The fourth-order valence-electron chi connectivity index (χ4n) is 2.69. The van der Waals surface area contributed by atoms with E-state index in [2.05, 4.69) is 0 Å². The molecule has 2 N–H and O–H groups in total. The summed E-state index contributed by atoms with van der Waals surface area (Å²) < 4.78 is 38.4. The van der Waals surface area contributed by atoms with Crippen LogP contribution in [-0.2, 0) is 6.18 Å². The molecule has 110 valence electrons. The number of nitrogens with zero attached hydrogens (tertiary/aromatic N) is 1. The number of benzene rings is 1. The molecule has 0 saturated heterocycles. The summed E-state index contributed by atoms with van der Waals surface area (Å²) in [7, 11) is 0. The van der Waals surface area contributed by atoms with Crippen LogP contribution in [0.15, 0.2) is 24.3 Å². The molecule has 2 nitrogen and oxygen atoms in total. The number of thiocarbonyl (C=S) groups is 1. The van der Waals surface area contributed by atoms with Crippen LogP contribution < -0.4 is 10.6 Å². The Morgan fingerprint density at radius 2 is 1.85 bits per heavy atom. The van der Waals surface area contributed by atoms with Gasteiger partial charge in [0.1, 0.15) is 0 Å². The summed E-state index contributed by atoms with van der Waals surface area (Å²) in [5.74, 6) is 0. The van der Waals surface area contributed by atoms with Crippen molar-refractivity contribution in [2.45, 2.75) is 44.3 Å². The number of rotatable bonds is 2. The molecule has 0 spiro atoms. The molecule has 0 aromatic heterocycles. The number of nitrogens with two attached hydrogens (primary N) is 1. The van der Waals surface area contributed by atoms with E-state index in [0.29, 0.717) is 5.69 Å². The normalized spacial score (nSPS) is 16.9. The molecule has 2 rings (SSSR count). The monoisotopic (exact) mass is 302 g/mol. The lowest BCUT2D eigenvalue weighted by Gasteiger charge is -2.35. The second-order valence-electron chi connectivity index (χ2n) is 5.05. The minimum atomic E-state index is -4.36. The van der Waals surface area contributed by atoms with Gasteiger partial charge < -0.3 is 10.6 Å². The van der Waals surface area contributed by atoms with E-state index in [1.807, 2.05) is 0 Å². The van der Waals surface area contributed by atoms with Gasteiger partial charge in [-0.1, -0.05) is 25.3 Å². The van der Waals surface area contributed by atoms with Gasteiger partial charge in [-0.25, -0.2) is 0 Å². The Labute approximate surface area is 121 Å². The zero-order valence-electron chi connectivity index (χ0n) is 11.0. The third kappa shape index (κ3) is 3.42. The van der Waals surface area contributed by atoms with Crippen LogP contribution in [0, 0.1) is 0 Å². The van der Waals surface area contributed by atoms with Gasteiger partial charge in [-0.3, -0.25) is 0 Å². The number of hydrogen-bond donors (Lipinski definition) is 1. The first-order chi connectivity index (χ1) is 9.39. The molecule has 1 aliphatic rings. The standard InChI is InChI=1S/C14H17F3N2S/c15-14(16,17)10-5-4-8-12(9-10)19(13(18)20)11-6-2-1-3-7-11/h4-5,8-9,11H,1-3,6-7H2,(H2,18,20). The largest absolute Gasteiger partial charge is 0.416 e. The molecule has 1 aliphatic carbocycles. The second-order valence-corrected chi connectivity index (χ2v) is 5.47. The third-order valence-corrected chi connectivity index (χ3v) is 3.83. The highest BCUT2D eigenvalue weighted by molar-refractivity contribution is 7.80. The molecule has 1 aromatic rings. The first-order valence-corrected chi connectivity index (χ1v) is 7.06. The van der Waals surface area contributed by atoms with Gasteiger partial charge in [-0.15, -0.1) is 0 Å². The topological polar surface area (TPSA) is 29.3 Å². The minimum Gasteiger partial charge on any atom is -0.376 e. The van der Waals surface area contributed by atoms with E-state index in [4.69, 9.17) is 18.0 Å². The zero-order valence-corrected chi connectivity index (χ0v) is 11.8.